The average Bonchev–Trinajstić information content (AvgIpc) is 2.36. The van der Waals surface area contributed by atoms with E-state index in [4.69, 9.17) is 14.9 Å². The van der Waals surface area contributed by atoms with Gasteiger partial charge in [-0.3, -0.25) is 9.59 Å². The number of aliphatic carboxylic acids is 2. The first-order valence-corrected chi connectivity index (χ1v) is 6.23. The first kappa shape index (κ1) is 16.0. The number of rotatable bonds is 6. The van der Waals surface area contributed by atoms with E-state index >= 15 is 0 Å². The number of benzene rings is 1. The van der Waals surface area contributed by atoms with Crippen molar-refractivity contribution in [3.63, 3.8) is 0 Å². The van der Waals surface area contributed by atoms with E-state index in [2.05, 4.69) is 21.2 Å². The molecule has 0 radical (unpaired) electrons. The topological polar surface area (TPSA) is 113 Å². The third-order valence-electron chi connectivity index (χ3n) is 2.39. The fraction of sp³-hybridized carbons (Fsp3) is 0.250. The molecular weight excluding hydrogens is 334 g/mol. The molecule has 20 heavy (non-hydrogen) atoms. The second-order valence-corrected chi connectivity index (χ2v) is 4.72. The van der Waals surface area contributed by atoms with Crippen molar-refractivity contribution < 1.29 is 29.3 Å². The molecule has 0 saturated heterocycles. The van der Waals surface area contributed by atoms with Crippen LogP contribution in [-0.2, 0) is 9.59 Å². The molecule has 0 fully saturated rings. The van der Waals surface area contributed by atoms with Gasteiger partial charge in [0.05, 0.1) is 19.1 Å². The predicted molar refractivity (Wildman–Crippen MR) is 71.8 cm³/mol. The molecule has 0 aromatic heterocycles. The van der Waals surface area contributed by atoms with Gasteiger partial charge in [0.2, 0.25) is 0 Å². The first-order valence-electron chi connectivity index (χ1n) is 5.44. The van der Waals surface area contributed by atoms with Crippen molar-refractivity contribution in [1.29, 1.82) is 0 Å². The fourth-order valence-corrected chi connectivity index (χ4v) is 1.80. The number of carboxylic acids is 2. The third kappa shape index (κ3) is 4.23. The molecule has 108 valence electrons. The lowest BCUT2D eigenvalue weighted by Gasteiger charge is -2.14. The van der Waals surface area contributed by atoms with Gasteiger partial charge in [-0.05, 0) is 18.2 Å². The first-order chi connectivity index (χ1) is 9.35. The number of halogens is 1. The average molecular weight is 346 g/mol. The van der Waals surface area contributed by atoms with E-state index in [0.717, 1.165) is 0 Å². The summed E-state index contributed by atoms with van der Waals surface area (Å²) in [6.45, 7) is 0. The Balaban J connectivity index is 2.94. The summed E-state index contributed by atoms with van der Waals surface area (Å²) in [6, 6.07) is 3.07. The lowest BCUT2D eigenvalue weighted by atomic mass is 10.1. The third-order valence-corrected chi connectivity index (χ3v) is 2.88. The van der Waals surface area contributed by atoms with E-state index in [9.17, 15) is 14.4 Å². The van der Waals surface area contributed by atoms with E-state index in [1.54, 1.807) is 12.1 Å². The number of nitrogens with one attached hydrogen (secondary N) is 1. The van der Waals surface area contributed by atoms with Gasteiger partial charge < -0.3 is 20.3 Å². The molecule has 1 rings (SSSR count). The lowest BCUT2D eigenvalue weighted by Crippen LogP contribution is -2.42. The highest BCUT2D eigenvalue weighted by Crippen LogP contribution is 2.23. The van der Waals surface area contributed by atoms with Gasteiger partial charge >= 0.3 is 11.9 Å². The molecule has 0 unspecified atom stereocenters. The highest BCUT2D eigenvalue weighted by atomic mass is 79.9. The Morgan fingerprint density at radius 1 is 1.35 bits per heavy atom. The SMILES string of the molecule is COc1cc(Br)ccc1C(=O)N[C@@H](CC(=O)O)C(=O)O. The number of methoxy groups -OCH3 is 1. The molecule has 0 spiro atoms. The second kappa shape index (κ2) is 6.90. The van der Waals surface area contributed by atoms with Crippen molar-refractivity contribution in [3.8, 4) is 5.75 Å². The molecule has 0 saturated carbocycles. The van der Waals surface area contributed by atoms with Crippen LogP contribution in [0, 0.1) is 0 Å². The molecule has 3 N–H and O–H groups in total. The predicted octanol–water partition coefficient (Wildman–Crippen LogP) is 1.12. The highest BCUT2D eigenvalue weighted by Gasteiger charge is 2.24. The maximum atomic E-state index is 12.0. The highest BCUT2D eigenvalue weighted by molar-refractivity contribution is 9.10. The molecule has 0 aliphatic heterocycles. The Labute approximate surface area is 122 Å². The quantitative estimate of drug-likeness (QED) is 0.711. The summed E-state index contributed by atoms with van der Waals surface area (Å²) in [5, 5.41) is 19.6. The van der Waals surface area contributed by atoms with Gasteiger partial charge in [0.1, 0.15) is 11.8 Å². The van der Waals surface area contributed by atoms with E-state index in [0.29, 0.717) is 4.47 Å². The smallest absolute Gasteiger partial charge is 0.326 e. The number of carbonyl (C=O) groups excluding carboxylic acids is 1. The Bertz CT molecular complexity index is 545. The maximum absolute atomic E-state index is 12.0. The van der Waals surface area contributed by atoms with Crippen LogP contribution in [0.1, 0.15) is 16.8 Å². The van der Waals surface area contributed by atoms with Crippen LogP contribution in [0.25, 0.3) is 0 Å². The van der Waals surface area contributed by atoms with Crippen LogP contribution in [0.4, 0.5) is 0 Å². The van der Waals surface area contributed by atoms with E-state index in [-0.39, 0.29) is 11.3 Å². The molecule has 8 heteroatoms. The van der Waals surface area contributed by atoms with Gasteiger partial charge in [-0.15, -0.1) is 0 Å². The van der Waals surface area contributed by atoms with Crippen LogP contribution in [-0.4, -0.2) is 41.2 Å². The van der Waals surface area contributed by atoms with Crippen molar-refractivity contribution >= 4 is 33.8 Å². The maximum Gasteiger partial charge on any atom is 0.326 e. The Hall–Kier alpha value is -2.09. The zero-order valence-corrected chi connectivity index (χ0v) is 12.0. The van der Waals surface area contributed by atoms with Gasteiger partial charge in [-0.2, -0.15) is 0 Å². The number of amides is 1. The molecule has 1 amide bonds. The van der Waals surface area contributed by atoms with Crippen LogP contribution < -0.4 is 10.1 Å². The zero-order chi connectivity index (χ0) is 15.3. The van der Waals surface area contributed by atoms with Crippen LogP contribution in [0.5, 0.6) is 5.75 Å². The minimum Gasteiger partial charge on any atom is -0.496 e. The van der Waals surface area contributed by atoms with Crippen LogP contribution >= 0.6 is 15.9 Å². The Morgan fingerprint density at radius 3 is 2.50 bits per heavy atom. The summed E-state index contributed by atoms with van der Waals surface area (Å²) in [5.74, 6) is -3.21. The Kier molecular flexibility index (Phi) is 5.51. The molecule has 1 atom stereocenters. The molecule has 0 aliphatic carbocycles. The van der Waals surface area contributed by atoms with Crippen LogP contribution in [0.2, 0.25) is 0 Å². The van der Waals surface area contributed by atoms with Crippen LogP contribution in [0.15, 0.2) is 22.7 Å². The van der Waals surface area contributed by atoms with Crippen molar-refractivity contribution in [2.75, 3.05) is 7.11 Å². The van der Waals surface area contributed by atoms with Crippen LogP contribution in [0.3, 0.4) is 0 Å². The van der Waals surface area contributed by atoms with Gasteiger partial charge in [0.25, 0.3) is 5.91 Å². The molecule has 0 aliphatic rings. The fourth-order valence-electron chi connectivity index (χ4n) is 1.46. The van der Waals surface area contributed by atoms with Gasteiger partial charge in [-0.25, -0.2) is 4.79 Å². The standard InChI is InChI=1S/C12H12BrNO6/c1-20-9-4-6(13)2-3-7(9)11(17)14-8(12(18)19)5-10(15)16/h2-4,8H,5H2,1H3,(H,14,17)(H,15,16)(H,18,19)/t8-/m0/s1. The largest absolute Gasteiger partial charge is 0.496 e. The lowest BCUT2D eigenvalue weighted by molar-refractivity contribution is -0.145. The number of carboxylic acid groups (broad SMARTS) is 2. The molecule has 1 aromatic carbocycles. The number of hydrogen-bond donors (Lipinski definition) is 3. The molecule has 7 nitrogen and oxygen atoms in total. The Morgan fingerprint density at radius 2 is 2.00 bits per heavy atom. The van der Waals surface area contributed by atoms with Crippen molar-refractivity contribution in [1.82, 2.24) is 5.32 Å². The number of hydrogen-bond acceptors (Lipinski definition) is 4. The summed E-state index contributed by atoms with van der Waals surface area (Å²) in [5.41, 5.74) is 0.118. The van der Waals surface area contributed by atoms with Crippen molar-refractivity contribution in [2.45, 2.75) is 12.5 Å². The van der Waals surface area contributed by atoms with E-state index in [1.165, 1.54) is 13.2 Å². The minimum atomic E-state index is -1.51. The molecule has 0 bridgehead atoms. The summed E-state index contributed by atoms with van der Waals surface area (Å²) in [6.07, 6.45) is -0.708. The van der Waals surface area contributed by atoms with E-state index in [1.807, 2.05) is 0 Å². The molecule has 1 aromatic rings. The summed E-state index contributed by atoms with van der Waals surface area (Å²) in [7, 11) is 1.37. The minimum absolute atomic E-state index is 0.118. The zero-order valence-electron chi connectivity index (χ0n) is 10.4. The normalized spacial score (nSPS) is 11.5. The van der Waals surface area contributed by atoms with Gasteiger partial charge in [0, 0.05) is 4.47 Å². The summed E-state index contributed by atoms with van der Waals surface area (Å²) >= 11 is 3.21. The van der Waals surface area contributed by atoms with Crippen molar-refractivity contribution in [3.05, 3.63) is 28.2 Å². The van der Waals surface area contributed by atoms with Crippen molar-refractivity contribution in [2.24, 2.45) is 0 Å². The monoisotopic (exact) mass is 345 g/mol. The van der Waals surface area contributed by atoms with Gasteiger partial charge in [0.15, 0.2) is 0 Å². The summed E-state index contributed by atoms with van der Waals surface area (Å²) < 4.78 is 5.70. The van der Waals surface area contributed by atoms with E-state index < -0.39 is 30.3 Å². The molecule has 0 heterocycles. The summed E-state index contributed by atoms with van der Waals surface area (Å²) in [4.78, 5) is 33.4. The number of carbonyl (C=O) groups is 3. The number of ether oxygens (including phenoxy) is 1. The molecular formula is C12H12BrNO6. The van der Waals surface area contributed by atoms with Gasteiger partial charge in [-0.1, -0.05) is 15.9 Å². The second-order valence-electron chi connectivity index (χ2n) is 3.81.